The van der Waals surface area contributed by atoms with E-state index in [9.17, 15) is 0 Å². The van der Waals surface area contributed by atoms with Crippen molar-refractivity contribution in [2.75, 3.05) is 5.73 Å². The first-order chi connectivity index (χ1) is 8.66. The largest absolute Gasteiger partial charge is 0.399 e. The molecule has 2 N–H and O–H groups in total. The Kier molecular flexibility index (Phi) is 2.56. The highest BCUT2D eigenvalue weighted by Crippen LogP contribution is 2.31. The van der Waals surface area contributed by atoms with Crippen LogP contribution in [0.25, 0.3) is 22.4 Å². The van der Waals surface area contributed by atoms with Crippen LogP contribution < -0.4 is 5.73 Å². The zero-order valence-corrected chi connectivity index (χ0v) is 11.3. The van der Waals surface area contributed by atoms with Gasteiger partial charge in [0.25, 0.3) is 0 Å². The zero-order valence-electron chi connectivity index (χ0n) is 9.76. The summed E-state index contributed by atoms with van der Waals surface area (Å²) in [5.41, 5.74) is 9.47. The van der Waals surface area contributed by atoms with Gasteiger partial charge in [0.2, 0.25) is 0 Å². The predicted molar refractivity (Wildman–Crippen MR) is 76.1 cm³/mol. The van der Waals surface area contributed by atoms with Crippen LogP contribution >= 0.6 is 15.9 Å². The SMILES string of the molecule is Cn1c(-c2cc(N)ccc2Br)nc2ccncc21. The molecular formula is C13H11BrN4. The molecule has 18 heavy (non-hydrogen) atoms. The Balaban J connectivity index is 2.31. The molecule has 90 valence electrons. The molecule has 0 atom stereocenters. The molecule has 0 aliphatic carbocycles. The monoisotopic (exact) mass is 302 g/mol. The molecule has 1 aromatic carbocycles. The van der Waals surface area contributed by atoms with Crippen molar-refractivity contribution in [2.45, 2.75) is 0 Å². The molecule has 5 heteroatoms. The number of halogens is 1. The Bertz CT molecular complexity index is 733. The molecule has 0 spiro atoms. The van der Waals surface area contributed by atoms with Crippen molar-refractivity contribution in [2.24, 2.45) is 7.05 Å². The van der Waals surface area contributed by atoms with Gasteiger partial charge >= 0.3 is 0 Å². The van der Waals surface area contributed by atoms with Crippen molar-refractivity contribution < 1.29 is 0 Å². The van der Waals surface area contributed by atoms with Gasteiger partial charge in [-0.25, -0.2) is 4.98 Å². The van der Waals surface area contributed by atoms with E-state index in [2.05, 4.69) is 25.9 Å². The van der Waals surface area contributed by atoms with Gasteiger partial charge in [0.15, 0.2) is 0 Å². The number of nitrogens with two attached hydrogens (primary N) is 1. The van der Waals surface area contributed by atoms with Crippen LogP contribution in [0.3, 0.4) is 0 Å². The van der Waals surface area contributed by atoms with E-state index < -0.39 is 0 Å². The smallest absolute Gasteiger partial charge is 0.142 e. The van der Waals surface area contributed by atoms with E-state index in [4.69, 9.17) is 5.73 Å². The Morgan fingerprint density at radius 1 is 1.28 bits per heavy atom. The summed E-state index contributed by atoms with van der Waals surface area (Å²) < 4.78 is 2.99. The highest BCUT2D eigenvalue weighted by Gasteiger charge is 2.12. The summed E-state index contributed by atoms with van der Waals surface area (Å²) in [6, 6.07) is 7.61. The highest BCUT2D eigenvalue weighted by molar-refractivity contribution is 9.10. The average molecular weight is 303 g/mol. The third-order valence-electron chi connectivity index (χ3n) is 2.91. The van der Waals surface area contributed by atoms with Crippen LogP contribution in [0.1, 0.15) is 0 Å². The third kappa shape index (κ3) is 1.67. The lowest BCUT2D eigenvalue weighted by molar-refractivity contribution is 0.955. The molecule has 0 unspecified atom stereocenters. The van der Waals surface area contributed by atoms with E-state index in [-0.39, 0.29) is 0 Å². The fraction of sp³-hybridized carbons (Fsp3) is 0.0769. The van der Waals surface area contributed by atoms with Crippen molar-refractivity contribution in [3.63, 3.8) is 0 Å². The van der Waals surface area contributed by atoms with Gasteiger partial charge in [-0.05, 0) is 24.3 Å². The van der Waals surface area contributed by atoms with Gasteiger partial charge in [-0.1, -0.05) is 15.9 Å². The van der Waals surface area contributed by atoms with Crippen LogP contribution in [-0.4, -0.2) is 14.5 Å². The van der Waals surface area contributed by atoms with Crippen molar-refractivity contribution in [1.82, 2.24) is 14.5 Å². The lowest BCUT2D eigenvalue weighted by Gasteiger charge is -2.06. The normalized spacial score (nSPS) is 11.0. The van der Waals surface area contributed by atoms with Crippen LogP contribution in [0.2, 0.25) is 0 Å². The second-order valence-electron chi connectivity index (χ2n) is 4.10. The summed E-state index contributed by atoms with van der Waals surface area (Å²) in [4.78, 5) is 8.75. The van der Waals surface area contributed by atoms with Crippen molar-refractivity contribution >= 4 is 32.7 Å². The van der Waals surface area contributed by atoms with Crippen molar-refractivity contribution in [1.29, 1.82) is 0 Å². The van der Waals surface area contributed by atoms with Crippen LogP contribution in [-0.2, 0) is 7.05 Å². The Labute approximate surface area is 113 Å². The summed E-state index contributed by atoms with van der Waals surface area (Å²) in [6.07, 6.45) is 3.56. The molecule has 2 heterocycles. The number of nitrogens with zero attached hydrogens (tertiary/aromatic N) is 3. The van der Waals surface area contributed by atoms with Gasteiger partial charge in [0.05, 0.1) is 17.2 Å². The molecule has 0 bridgehead atoms. The van der Waals surface area contributed by atoms with Crippen LogP contribution in [0.4, 0.5) is 5.69 Å². The van der Waals surface area contributed by atoms with Gasteiger partial charge in [-0.3, -0.25) is 4.98 Å². The summed E-state index contributed by atoms with van der Waals surface area (Å²) in [6.45, 7) is 0. The third-order valence-corrected chi connectivity index (χ3v) is 3.61. The lowest BCUT2D eigenvalue weighted by Crippen LogP contribution is -1.95. The van der Waals surface area contributed by atoms with Gasteiger partial charge < -0.3 is 10.3 Å². The molecule has 3 aromatic rings. The first kappa shape index (κ1) is 11.2. The number of imidazole rings is 1. The first-order valence-corrected chi connectivity index (χ1v) is 6.28. The molecule has 4 nitrogen and oxygen atoms in total. The molecule has 2 aromatic heterocycles. The zero-order chi connectivity index (χ0) is 12.7. The van der Waals surface area contributed by atoms with Gasteiger partial charge in [-0.15, -0.1) is 0 Å². The van der Waals surface area contributed by atoms with Gasteiger partial charge in [0.1, 0.15) is 5.82 Å². The number of rotatable bonds is 1. The van der Waals surface area contributed by atoms with E-state index in [0.29, 0.717) is 0 Å². The topological polar surface area (TPSA) is 56.7 Å². The second kappa shape index (κ2) is 4.10. The molecule has 0 aliphatic rings. The molecular weight excluding hydrogens is 292 g/mol. The fourth-order valence-electron chi connectivity index (χ4n) is 1.99. The quantitative estimate of drug-likeness (QED) is 0.703. The number of hydrogen-bond acceptors (Lipinski definition) is 3. The number of hydrogen-bond donors (Lipinski definition) is 1. The Morgan fingerprint density at radius 2 is 2.11 bits per heavy atom. The summed E-state index contributed by atoms with van der Waals surface area (Å²) >= 11 is 3.53. The number of benzene rings is 1. The first-order valence-electron chi connectivity index (χ1n) is 5.48. The minimum absolute atomic E-state index is 0.721. The van der Waals surface area contributed by atoms with E-state index in [1.807, 2.05) is 42.1 Å². The average Bonchev–Trinajstić information content (AvgIpc) is 2.71. The maximum Gasteiger partial charge on any atom is 0.142 e. The maximum absolute atomic E-state index is 5.84. The van der Waals surface area contributed by atoms with E-state index in [0.717, 1.165) is 32.6 Å². The molecule has 0 saturated carbocycles. The standard InChI is InChI=1S/C13H11BrN4/c1-18-12-7-16-5-4-11(12)17-13(18)9-6-8(15)2-3-10(9)14/h2-7H,15H2,1H3. The maximum atomic E-state index is 5.84. The van der Waals surface area contributed by atoms with Crippen molar-refractivity contribution in [3.05, 3.63) is 41.1 Å². The Hall–Kier alpha value is -1.88. The minimum atomic E-state index is 0.721. The van der Waals surface area contributed by atoms with E-state index in [1.54, 1.807) is 6.20 Å². The second-order valence-corrected chi connectivity index (χ2v) is 4.95. The van der Waals surface area contributed by atoms with E-state index in [1.165, 1.54) is 0 Å². The summed E-state index contributed by atoms with van der Waals surface area (Å²) in [5.74, 6) is 0.872. The summed E-state index contributed by atoms with van der Waals surface area (Å²) in [5, 5.41) is 0. The molecule has 3 rings (SSSR count). The van der Waals surface area contributed by atoms with Crippen LogP contribution in [0.5, 0.6) is 0 Å². The molecule has 0 aliphatic heterocycles. The number of anilines is 1. The fourth-order valence-corrected chi connectivity index (χ4v) is 2.41. The Morgan fingerprint density at radius 3 is 2.89 bits per heavy atom. The number of nitrogen functional groups attached to an aromatic ring is 1. The van der Waals surface area contributed by atoms with Gasteiger partial charge in [-0.2, -0.15) is 0 Å². The summed E-state index contributed by atoms with van der Waals surface area (Å²) in [7, 11) is 1.97. The predicted octanol–water partition coefficient (Wildman–Crippen LogP) is 2.98. The van der Waals surface area contributed by atoms with Crippen LogP contribution in [0.15, 0.2) is 41.1 Å². The molecule has 0 amide bonds. The van der Waals surface area contributed by atoms with E-state index >= 15 is 0 Å². The van der Waals surface area contributed by atoms with Gasteiger partial charge in [0, 0.05) is 29.0 Å². The number of pyridine rings is 1. The minimum Gasteiger partial charge on any atom is -0.399 e. The molecule has 0 fully saturated rings. The van der Waals surface area contributed by atoms with Crippen LogP contribution in [0, 0.1) is 0 Å². The molecule has 0 radical (unpaired) electrons. The number of aromatic nitrogens is 3. The number of aryl methyl sites for hydroxylation is 1. The molecule has 0 saturated heterocycles. The van der Waals surface area contributed by atoms with Crippen molar-refractivity contribution in [3.8, 4) is 11.4 Å². The lowest BCUT2D eigenvalue weighted by atomic mass is 10.2. The highest BCUT2D eigenvalue weighted by atomic mass is 79.9. The number of fused-ring (bicyclic) bond motifs is 1.